The molecule has 0 unspecified atom stereocenters. The number of hydrogen-bond acceptors (Lipinski definition) is 3. The third-order valence-corrected chi connectivity index (χ3v) is 4.48. The highest BCUT2D eigenvalue weighted by Gasteiger charge is 2.12. The van der Waals surface area contributed by atoms with E-state index in [0.29, 0.717) is 0 Å². The Bertz CT molecular complexity index is 791. The highest BCUT2D eigenvalue weighted by molar-refractivity contribution is 5.23. The molecule has 130 valence electrons. The summed E-state index contributed by atoms with van der Waals surface area (Å²) in [6, 6.07) is 13.1. The van der Waals surface area contributed by atoms with E-state index in [4.69, 9.17) is 0 Å². The molecule has 3 rings (SSSR count). The van der Waals surface area contributed by atoms with Crippen molar-refractivity contribution in [1.29, 1.82) is 0 Å². The molecule has 0 saturated heterocycles. The summed E-state index contributed by atoms with van der Waals surface area (Å²) in [6.07, 6.45) is 6.96. The predicted octanol–water partition coefficient (Wildman–Crippen LogP) is 3.89. The van der Waals surface area contributed by atoms with Crippen LogP contribution in [0, 0.1) is 6.92 Å². The summed E-state index contributed by atoms with van der Waals surface area (Å²) in [5, 5.41) is 4.48. The van der Waals surface area contributed by atoms with Gasteiger partial charge in [0.15, 0.2) is 0 Å². The molecule has 2 aromatic heterocycles. The van der Waals surface area contributed by atoms with E-state index < -0.39 is 0 Å². The Morgan fingerprint density at radius 3 is 2.28 bits per heavy atom. The van der Waals surface area contributed by atoms with Crippen molar-refractivity contribution < 1.29 is 0 Å². The first-order chi connectivity index (χ1) is 12.1. The lowest BCUT2D eigenvalue weighted by molar-refractivity contribution is 0.247. The first-order valence-electron chi connectivity index (χ1n) is 8.82. The SMILES string of the molecule is CCc1ccc(CN(Cc2cccnc2)Cc2cn(C)nc2C)cc1. The molecule has 0 aliphatic rings. The minimum absolute atomic E-state index is 0.873. The maximum Gasteiger partial charge on any atom is 0.0638 e. The second kappa shape index (κ2) is 8.08. The summed E-state index contributed by atoms with van der Waals surface area (Å²) in [5.41, 5.74) is 6.32. The molecule has 4 heteroatoms. The number of aryl methyl sites for hydroxylation is 3. The average Bonchev–Trinajstić information content (AvgIpc) is 2.93. The summed E-state index contributed by atoms with van der Waals surface area (Å²) in [4.78, 5) is 6.70. The predicted molar refractivity (Wildman–Crippen MR) is 101 cm³/mol. The molecule has 0 saturated carbocycles. The molecular formula is C21H26N4. The van der Waals surface area contributed by atoms with Gasteiger partial charge in [0.2, 0.25) is 0 Å². The molecule has 0 fully saturated rings. The number of rotatable bonds is 7. The van der Waals surface area contributed by atoms with Crippen molar-refractivity contribution in [3.63, 3.8) is 0 Å². The van der Waals surface area contributed by atoms with E-state index in [1.54, 1.807) is 0 Å². The van der Waals surface area contributed by atoms with Crippen LogP contribution in [0.2, 0.25) is 0 Å². The van der Waals surface area contributed by atoms with Gasteiger partial charge in [-0.2, -0.15) is 5.10 Å². The molecule has 2 heterocycles. The molecule has 0 aliphatic carbocycles. The standard InChI is InChI=1S/C21H26N4/c1-4-18-7-9-19(10-8-18)13-25(14-20-6-5-11-22-12-20)16-21-15-24(3)23-17(21)2/h5-12,15H,4,13-14,16H2,1-3H3. The monoisotopic (exact) mass is 334 g/mol. The van der Waals surface area contributed by atoms with Gasteiger partial charge in [-0.05, 0) is 36.1 Å². The molecule has 0 bridgehead atoms. The van der Waals surface area contributed by atoms with Crippen LogP contribution in [0.25, 0.3) is 0 Å². The zero-order valence-corrected chi connectivity index (χ0v) is 15.3. The molecule has 0 atom stereocenters. The minimum atomic E-state index is 0.873. The number of nitrogens with zero attached hydrogens (tertiary/aromatic N) is 4. The highest BCUT2D eigenvalue weighted by atomic mass is 15.3. The lowest BCUT2D eigenvalue weighted by atomic mass is 10.1. The zero-order valence-electron chi connectivity index (χ0n) is 15.3. The van der Waals surface area contributed by atoms with Crippen LogP contribution in [0.1, 0.15) is 34.9 Å². The molecule has 0 aliphatic heterocycles. The van der Waals surface area contributed by atoms with Crippen LogP contribution < -0.4 is 0 Å². The number of benzene rings is 1. The maximum atomic E-state index is 4.48. The summed E-state index contributed by atoms with van der Waals surface area (Å²) >= 11 is 0. The molecule has 4 nitrogen and oxygen atoms in total. The third kappa shape index (κ3) is 4.77. The topological polar surface area (TPSA) is 34.0 Å². The Morgan fingerprint density at radius 1 is 0.960 bits per heavy atom. The smallest absolute Gasteiger partial charge is 0.0638 e. The Morgan fingerprint density at radius 2 is 1.68 bits per heavy atom. The van der Waals surface area contributed by atoms with Gasteiger partial charge in [-0.3, -0.25) is 14.6 Å². The molecular weight excluding hydrogens is 308 g/mol. The van der Waals surface area contributed by atoms with Gasteiger partial charge in [-0.1, -0.05) is 37.3 Å². The highest BCUT2D eigenvalue weighted by Crippen LogP contribution is 2.16. The van der Waals surface area contributed by atoms with E-state index >= 15 is 0 Å². The van der Waals surface area contributed by atoms with Gasteiger partial charge in [0.1, 0.15) is 0 Å². The first kappa shape index (κ1) is 17.4. The van der Waals surface area contributed by atoms with Crippen molar-refractivity contribution in [2.24, 2.45) is 7.05 Å². The van der Waals surface area contributed by atoms with Gasteiger partial charge in [-0.25, -0.2) is 0 Å². The summed E-state index contributed by atoms with van der Waals surface area (Å²) < 4.78 is 1.89. The maximum absolute atomic E-state index is 4.48. The molecule has 25 heavy (non-hydrogen) atoms. The third-order valence-electron chi connectivity index (χ3n) is 4.48. The van der Waals surface area contributed by atoms with Crippen LogP contribution in [0.15, 0.2) is 55.0 Å². The number of aromatic nitrogens is 3. The van der Waals surface area contributed by atoms with Gasteiger partial charge < -0.3 is 0 Å². The van der Waals surface area contributed by atoms with E-state index in [0.717, 1.165) is 31.7 Å². The molecule has 1 aromatic carbocycles. The lowest BCUT2D eigenvalue weighted by Gasteiger charge is -2.22. The van der Waals surface area contributed by atoms with Gasteiger partial charge in [0.05, 0.1) is 5.69 Å². The van der Waals surface area contributed by atoms with Gasteiger partial charge in [0.25, 0.3) is 0 Å². The van der Waals surface area contributed by atoms with Crippen LogP contribution in [0.5, 0.6) is 0 Å². The largest absolute Gasteiger partial charge is 0.290 e. The molecule has 0 N–H and O–H groups in total. The number of pyridine rings is 1. The van der Waals surface area contributed by atoms with Crippen LogP contribution in [0.4, 0.5) is 0 Å². The molecule has 0 radical (unpaired) electrons. The quantitative estimate of drug-likeness (QED) is 0.657. The van der Waals surface area contributed by atoms with Crippen LogP contribution in [-0.2, 0) is 33.1 Å². The fourth-order valence-electron chi connectivity index (χ4n) is 3.10. The van der Waals surface area contributed by atoms with Crippen molar-refractivity contribution in [3.8, 4) is 0 Å². The minimum Gasteiger partial charge on any atom is -0.290 e. The zero-order chi connectivity index (χ0) is 17.6. The second-order valence-electron chi connectivity index (χ2n) is 6.59. The van der Waals surface area contributed by atoms with Crippen molar-refractivity contribution in [1.82, 2.24) is 19.7 Å². The van der Waals surface area contributed by atoms with E-state index in [1.807, 2.05) is 30.2 Å². The number of hydrogen-bond donors (Lipinski definition) is 0. The van der Waals surface area contributed by atoms with Gasteiger partial charge in [-0.15, -0.1) is 0 Å². The van der Waals surface area contributed by atoms with Crippen molar-refractivity contribution in [2.75, 3.05) is 0 Å². The first-order valence-corrected chi connectivity index (χ1v) is 8.82. The molecule has 3 aromatic rings. The Kier molecular flexibility index (Phi) is 5.61. The van der Waals surface area contributed by atoms with E-state index in [-0.39, 0.29) is 0 Å². The Hall–Kier alpha value is -2.46. The normalized spacial score (nSPS) is 11.2. The average molecular weight is 334 g/mol. The fraction of sp³-hybridized carbons (Fsp3) is 0.333. The van der Waals surface area contributed by atoms with Gasteiger partial charge >= 0.3 is 0 Å². The van der Waals surface area contributed by atoms with Crippen molar-refractivity contribution >= 4 is 0 Å². The summed E-state index contributed by atoms with van der Waals surface area (Å²) in [5.74, 6) is 0. The van der Waals surface area contributed by atoms with Gasteiger partial charge in [0, 0.05) is 50.8 Å². The van der Waals surface area contributed by atoms with Crippen LogP contribution >= 0.6 is 0 Å². The van der Waals surface area contributed by atoms with E-state index in [9.17, 15) is 0 Å². The summed E-state index contributed by atoms with van der Waals surface area (Å²) in [6.45, 7) is 6.93. The van der Waals surface area contributed by atoms with Crippen LogP contribution in [-0.4, -0.2) is 19.7 Å². The fourth-order valence-corrected chi connectivity index (χ4v) is 3.10. The lowest BCUT2D eigenvalue weighted by Crippen LogP contribution is -2.22. The van der Waals surface area contributed by atoms with Crippen molar-refractivity contribution in [2.45, 2.75) is 39.9 Å². The van der Waals surface area contributed by atoms with E-state index in [1.165, 1.54) is 22.3 Å². The Balaban J connectivity index is 1.78. The molecule has 0 spiro atoms. The van der Waals surface area contributed by atoms with Crippen molar-refractivity contribution in [3.05, 3.63) is 82.9 Å². The Labute approximate surface area is 150 Å². The van der Waals surface area contributed by atoms with Crippen LogP contribution in [0.3, 0.4) is 0 Å². The second-order valence-corrected chi connectivity index (χ2v) is 6.59. The van der Waals surface area contributed by atoms with E-state index in [2.05, 4.69) is 65.4 Å². The summed E-state index contributed by atoms with van der Waals surface area (Å²) in [7, 11) is 1.98. The molecule has 0 amide bonds.